The molecule has 0 radical (unpaired) electrons. The molecule has 7 nitrogen and oxygen atoms in total. The third-order valence-electron chi connectivity index (χ3n) is 4.64. The molecule has 1 aliphatic rings. The molecule has 134 valence electrons. The quantitative estimate of drug-likeness (QED) is 0.715. The monoisotopic (exact) mass is 368 g/mol. The molecule has 1 fully saturated rings. The van der Waals surface area contributed by atoms with Gasteiger partial charge in [-0.05, 0) is 25.5 Å². The number of rotatable bonds is 2. The predicted octanol–water partition coefficient (Wildman–Crippen LogP) is 1.55. The van der Waals surface area contributed by atoms with E-state index in [-0.39, 0.29) is 34.9 Å². The minimum atomic E-state index is -0.603. The van der Waals surface area contributed by atoms with E-state index < -0.39 is 16.8 Å². The number of fused-ring (bicyclic) bond motifs is 2. The van der Waals surface area contributed by atoms with E-state index in [0.29, 0.717) is 30.8 Å². The standard InChI is InChI=1S/C16H17FN4O3.ClH/c1-2-21-11-6-12(20-4-3-8(18)7-20)10(17)5-9(11)14(22)13-15(23)19-24-16(13)21;/h5-6,8H,2-4,7,18H2,1H3,(H,19,23);1H. The van der Waals surface area contributed by atoms with Crippen LogP contribution in [-0.2, 0) is 6.54 Å². The third kappa shape index (κ3) is 2.52. The zero-order valence-electron chi connectivity index (χ0n) is 13.5. The van der Waals surface area contributed by atoms with Crippen LogP contribution in [0.5, 0.6) is 0 Å². The molecule has 0 amide bonds. The zero-order valence-corrected chi connectivity index (χ0v) is 14.4. The van der Waals surface area contributed by atoms with Gasteiger partial charge in [-0.15, -0.1) is 12.4 Å². The SMILES string of the molecule is CCn1c2cc(N3CCC(N)C3)c(F)cc2c(=O)c2c(=O)[nH]oc21.Cl. The molecule has 1 saturated heterocycles. The molecule has 0 saturated carbocycles. The van der Waals surface area contributed by atoms with E-state index in [0.717, 1.165) is 6.42 Å². The van der Waals surface area contributed by atoms with Crippen molar-refractivity contribution in [2.45, 2.75) is 25.9 Å². The minimum Gasteiger partial charge on any atom is -0.367 e. The number of hydrogen-bond acceptors (Lipinski definition) is 5. The molecule has 1 aromatic carbocycles. The number of aromatic amines is 1. The van der Waals surface area contributed by atoms with Gasteiger partial charge in [0.25, 0.3) is 5.56 Å². The minimum absolute atomic E-state index is 0. The van der Waals surface area contributed by atoms with Crippen LogP contribution < -0.4 is 21.6 Å². The highest BCUT2D eigenvalue weighted by Gasteiger charge is 2.24. The number of H-pyrrole nitrogens is 1. The fraction of sp³-hybridized carbons (Fsp3) is 0.375. The fourth-order valence-electron chi connectivity index (χ4n) is 3.45. The summed E-state index contributed by atoms with van der Waals surface area (Å²) in [4.78, 5) is 26.3. The normalized spacial score (nSPS) is 17.4. The highest BCUT2D eigenvalue weighted by atomic mass is 35.5. The van der Waals surface area contributed by atoms with Gasteiger partial charge in [0.1, 0.15) is 5.82 Å². The second kappa shape index (κ2) is 6.20. The largest absolute Gasteiger partial charge is 0.367 e. The second-order valence-electron chi connectivity index (χ2n) is 6.10. The second-order valence-corrected chi connectivity index (χ2v) is 6.10. The number of anilines is 1. The van der Waals surface area contributed by atoms with E-state index in [1.807, 2.05) is 11.8 Å². The summed E-state index contributed by atoms with van der Waals surface area (Å²) in [5, 5.41) is 2.27. The van der Waals surface area contributed by atoms with Crippen molar-refractivity contribution in [3.05, 3.63) is 38.5 Å². The van der Waals surface area contributed by atoms with Crippen LogP contribution in [0.25, 0.3) is 22.0 Å². The lowest BCUT2D eigenvalue weighted by Crippen LogP contribution is -2.27. The summed E-state index contributed by atoms with van der Waals surface area (Å²) < 4.78 is 21.5. The van der Waals surface area contributed by atoms with Crippen LogP contribution in [0.4, 0.5) is 10.1 Å². The highest BCUT2D eigenvalue weighted by molar-refractivity contribution is 5.92. The number of pyridine rings is 1. The Kier molecular flexibility index (Phi) is 4.34. The summed E-state index contributed by atoms with van der Waals surface area (Å²) >= 11 is 0. The molecule has 0 spiro atoms. The maximum Gasteiger partial charge on any atom is 0.293 e. The number of nitrogens with one attached hydrogen (secondary N) is 1. The van der Waals surface area contributed by atoms with Crippen LogP contribution in [0.15, 0.2) is 26.2 Å². The summed E-state index contributed by atoms with van der Waals surface area (Å²) in [5.74, 6) is -0.490. The Bertz CT molecular complexity index is 1070. The first kappa shape index (κ1) is 17.5. The molecular formula is C16H18ClFN4O3. The van der Waals surface area contributed by atoms with Crippen molar-refractivity contribution in [1.29, 1.82) is 0 Å². The van der Waals surface area contributed by atoms with Crippen molar-refractivity contribution in [3.63, 3.8) is 0 Å². The van der Waals surface area contributed by atoms with Crippen LogP contribution in [0.2, 0.25) is 0 Å². The fourth-order valence-corrected chi connectivity index (χ4v) is 3.45. The van der Waals surface area contributed by atoms with Crippen LogP contribution >= 0.6 is 12.4 Å². The van der Waals surface area contributed by atoms with Crippen molar-refractivity contribution in [2.24, 2.45) is 5.73 Å². The van der Waals surface area contributed by atoms with E-state index >= 15 is 0 Å². The average molecular weight is 369 g/mol. The van der Waals surface area contributed by atoms with Gasteiger partial charge in [-0.1, -0.05) is 0 Å². The smallest absolute Gasteiger partial charge is 0.293 e. The molecule has 9 heteroatoms. The Morgan fingerprint density at radius 1 is 1.40 bits per heavy atom. The molecule has 2 aromatic heterocycles. The Morgan fingerprint density at radius 2 is 2.16 bits per heavy atom. The molecule has 25 heavy (non-hydrogen) atoms. The number of nitrogens with two attached hydrogens (primary N) is 1. The number of aromatic nitrogens is 2. The molecule has 0 bridgehead atoms. The first-order valence-electron chi connectivity index (χ1n) is 7.89. The summed E-state index contributed by atoms with van der Waals surface area (Å²) in [5.41, 5.74) is 5.91. The van der Waals surface area contributed by atoms with Gasteiger partial charge in [0.05, 0.1) is 11.2 Å². The van der Waals surface area contributed by atoms with E-state index in [1.165, 1.54) is 6.07 Å². The summed E-state index contributed by atoms with van der Waals surface area (Å²) in [6.45, 7) is 3.57. The Balaban J connectivity index is 0.00000182. The summed E-state index contributed by atoms with van der Waals surface area (Å²) in [6, 6.07) is 2.85. The first-order valence-corrected chi connectivity index (χ1v) is 7.89. The van der Waals surface area contributed by atoms with Gasteiger partial charge in [0.2, 0.25) is 11.1 Å². The van der Waals surface area contributed by atoms with E-state index in [1.54, 1.807) is 10.6 Å². The maximum absolute atomic E-state index is 14.6. The van der Waals surface area contributed by atoms with Gasteiger partial charge < -0.3 is 19.7 Å². The topological polar surface area (TPSA) is 97.3 Å². The predicted molar refractivity (Wildman–Crippen MR) is 96.3 cm³/mol. The number of nitrogens with zero attached hydrogens (tertiary/aromatic N) is 2. The van der Waals surface area contributed by atoms with Crippen molar-refractivity contribution in [2.75, 3.05) is 18.0 Å². The van der Waals surface area contributed by atoms with Crippen molar-refractivity contribution in [1.82, 2.24) is 9.72 Å². The lowest BCUT2D eigenvalue weighted by Gasteiger charge is -2.20. The van der Waals surface area contributed by atoms with E-state index in [2.05, 4.69) is 5.16 Å². The van der Waals surface area contributed by atoms with Gasteiger partial charge in [0, 0.05) is 31.1 Å². The first-order chi connectivity index (χ1) is 11.5. The molecule has 3 N–H and O–H groups in total. The van der Waals surface area contributed by atoms with E-state index in [4.69, 9.17) is 10.3 Å². The van der Waals surface area contributed by atoms with Gasteiger partial charge in [-0.3, -0.25) is 9.59 Å². The molecular weight excluding hydrogens is 351 g/mol. The molecule has 4 rings (SSSR count). The van der Waals surface area contributed by atoms with Crippen LogP contribution in [0.1, 0.15) is 13.3 Å². The van der Waals surface area contributed by atoms with Gasteiger partial charge in [0.15, 0.2) is 5.39 Å². The van der Waals surface area contributed by atoms with Crippen LogP contribution in [0, 0.1) is 5.82 Å². The van der Waals surface area contributed by atoms with Gasteiger partial charge in [-0.2, -0.15) is 5.16 Å². The summed E-state index contributed by atoms with van der Waals surface area (Å²) in [6.07, 6.45) is 0.795. The molecule has 1 atom stereocenters. The number of aryl methyl sites for hydroxylation is 1. The Morgan fingerprint density at radius 3 is 2.80 bits per heavy atom. The van der Waals surface area contributed by atoms with E-state index in [9.17, 15) is 14.0 Å². The van der Waals surface area contributed by atoms with Crippen molar-refractivity contribution >= 4 is 40.1 Å². The lowest BCUT2D eigenvalue weighted by molar-refractivity contribution is 0.430. The Labute approximate surface area is 147 Å². The summed E-state index contributed by atoms with van der Waals surface area (Å²) in [7, 11) is 0. The maximum atomic E-state index is 14.6. The van der Waals surface area contributed by atoms with Gasteiger partial charge >= 0.3 is 0 Å². The zero-order chi connectivity index (χ0) is 17.0. The molecule has 0 aliphatic carbocycles. The number of hydrogen-bond donors (Lipinski definition) is 2. The third-order valence-corrected chi connectivity index (χ3v) is 4.64. The van der Waals surface area contributed by atoms with Crippen LogP contribution in [-0.4, -0.2) is 28.9 Å². The molecule has 3 heterocycles. The van der Waals surface area contributed by atoms with Crippen molar-refractivity contribution < 1.29 is 8.91 Å². The average Bonchev–Trinajstić information content (AvgIpc) is 3.15. The number of halogens is 2. The number of benzene rings is 1. The Hall–Kier alpha value is -2.32. The lowest BCUT2D eigenvalue weighted by atomic mass is 10.1. The highest BCUT2D eigenvalue weighted by Crippen LogP contribution is 2.28. The molecule has 3 aromatic rings. The van der Waals surface area contributed by atoms with Crippen molar-refractivity contribution in [3.8, 4) is 0 Å². The molecule has 1 unspecified atom stereocenters. The van der Waals surface area contributed by atoms with Gasteiger partial charge in [-0.25, -0.2) is 4.39 Å². The van der Waals surface area contributed by atoms with Crippen LogP contribution in [0.3, 0.4) is 0 Å². The molecule has 1 aliphatic heterocycles.